The van der Waals surface area contributed by atoms with Crippen molar-refractivity contribution in [1.82, 2.24) is 0 Å². The van der Waals surface area contributed by atoms with E-state index in [9.17, 15) is 9.59 Å². The monoisotopic (exact) mass is 339 g/mol. The summed E-state index contributed by atoms with van der Waals surface area (Å²) < 4.78 is 16.0. The van der Waals surface area contributed by atoms with Crippen LogP contribution in [0.15, 0.2) is 59.0 Å². The molecule has 0 aliphatic carbocycles. The minimum Gasteiger partial charge on any atom is -0.484 e. The van der Waals surface area contributed by atoms with Gasteiger partial charge in [0.2, 0.25) is 5.76 Å². The van der Waals surface area contributed by atoms with E-state index in [1.54, 1.807) is 43.3 Å². The Morgan fingerprint density at radius 1 is 1.04 bits per heavy atom. The van der Waals surface area contributed by atoms with Crippen molar-refractivity contribution in [3.05, 3.63) is 60.4 Å². The van der Waals surface area contributed by atoms with Gasteiger partial charge in [-0.1, -0.05) is 30.3 Å². The summed E-state index contributed by atoms with van der Waals surface area (Å²) in [6.07, 6.45) is 0. The van der Waals surface area contributed by atoms with Gasteiger partial charge in [0.05, 0.1) is 6.61 Å². The molecule has 0 saturated carbocycles. The highest BCUT2D eigenvalue weighted by Gasteiger charge is 2.23. The van der Waals surface area contributed by atoms with Crippen LogP contribution in [0.3, 0.4) is 0 Å². The van der Waals surface area contributed by atoms with Gasteiger partial charge in [0.1, 0.15) is 17.0 Å². The number of benzene rings is 2. The van der Waals surface area contributed by atoms with Crippen molar-refractivity contribution in [2.45, 2.75) is 6.92 Å². The predicted molar refractivity (Wildman–Crippen MR) is 92.7 cm³/mol. The third-order valence-electron chi connectivity index (χ3n) is 3.43. The van der Waals surface area contributed by atoms with Crippen LogP contribution in [-0.2, 0) is 9.53 Å². The number of furan rings is 1. The number of para-hydroxylation sites is 2. The number of carbonyl (C=O) groups excluding carboxylic acids is 2. The zero-order valence-corrected chi connectivity index (χ0v) is 13.7. The number of rotatable bonds is 6. The van der Waals surface area contributed by atoms with Crippen LogP contribution in [0.2, 0.25) is 0 Å². The number of hydrogen-bond donors (Lipinski definition) is 1. The molecule has 0 spiro atoms. The van der Waals surface area contributed by atoms with E-state index in [4.69, 9.17) is 13.9 Å². The zero-order valence-electron chi connectivity index (χ0n) is 13.7. The zero-order chi connectivity index (χ0) is 17.6. The van der Waals surface area contributed by atoms with Crippen LogP contribution >= 0.6 is 0 Å². The number of fused-ring (bicyclic) bond motifs is 1. The van der Waals surface area contributed by atoms with Gasteiger partial charge in [0, 0.05) is 5.39 Å². The van der Waals surface area contributed by atoms with E-state index in [0.717, 1.165) is 0 Å². The number of nitrogens with one attached hydrogen (secondary N) is 1. The second kappa shape index (κ2) is 7.53. The molecule has 0 aliphatic heterocycles. The van der Waals surface area contributed by atoms with Crippen LogP contribution in [0.1, 0.15) is 17.5 Å². The summed E-state index contributed by atoms with van der Waals surface area (Å²) in [5.41, 5.74) is 0.778. The number of carbonyl (C=O) groups is 2. The van der Waals surface area contributed by atoms with Crippen molar-refractivity contribution in [2.75, 3.05) is 18.5 Å². The molecule has 0 radical (unpaired) electrons. The molecular formula is C19H17NO5. The highest BCUT2D eigenvalue weighted by atomic mass is 16.5. The van der Waals surface area contributed by atoms with E-state index in [1.807, 2.05) is 18.2 Å². The quantitative estimate of drug-likeness (QED) is 0.694. The number of amides is 1. The molecule has 0 bridgehead atoms. The highest BCUT2D eigenvalue weighted by molar-refractivity contribution is 6.09. The van der Waals surface area contributed by atoms with Crippen molar-refractivity contribution in [1.29, 1.82) is 0 Å². The van der Waals surface area contributed by atoms with Gasteiger partial charge in [0.25, 0.3) is 5.91 Å². The fourth-order valence-corrected chi connectivity index (χ4v) is 2.35. The maximum atomic E-state index is 12.2. The Bertz CT molecular complexity index is 885. The standard InChI is InChI=1S/C19H17NO5/c1-2-23-19(22)18-17(14-10-6-7-11-15(14)25-18)20-16(21)12-24-13-8-4-3-5-9-13/h3-11H,2,12H2,1H3,(H,20,21). The van der Waals surface area contributed by atoms with E-state index in [0.29, 0.717) is 16.7 Å². The number of esters is 1. The average Bonchev–Trinajstić information content (AvgIpc) is 3.00. The van der Waals surface area contributed by atoms with Crippen LogP contribution < -0.4 is 10.1 Å². The first-order valence-electron chi connectivity index (χ1n) is 7.85. The second-order valence-corrected chi connectivity index (χ2v) is 5.17. The number of anilines is 1. The van der Waals surface area contributed by atoms with Crippen LogP contribution in [0.4, 0.5) is 5.69 Å². The fraction of sp³-hybridized carbons (Fsp3) is 0.158. The Morgan fingerprint density at radius 3 is 2.52 bits per heavy atom. The Kier molecular flexibility index (Phi) is 4.99. The van der Waals surface area contributed by atoms with Crippen molar-refractivity contribution in [3.63, 3.8) is 0 Å². The molecule has 0 unspecified atom stereocenters. The largest absolute Gasteiger partial charge is 0.484 e. The molecule has 1 aromatic heterocycles. The summed E-state index contributed by atoms with van der Waals surface area (Å²) in [5.74, 6) is -0.477. The van der Waals surface area contributed by atoms with Gasteiger partial charge < -0.3 is 19.2 Å². The van der Waals surface area contributed by atoms with Gasteiger partial charge in [-0.3, -0.25) is 4.79 Å². The lowest BCUT2D eigenvalue weighted by Gasteiger charge is -2.08. The Balaban J connectivity index is 1.80. The molecule has 0 aliphatic rings. The Labute approximate surface area is 144 Å². The van der Waals surface area contributed by atoms with Crippen molar-refractivity contribution in [2.24, 2.45) is 0 Å². The first kappa shape index (κ1) is 16.6. The molecule has 25 heavy (non-hydrogen) atoms. The minimum absolute atomic E-state index is 0.0314. The summed E-state index contributed by atoms with van der Waals surface area (Å²) in [5, 5.41) is 3.31. The topological polar surface area (TPSA) is 77.8 Å². The molecule has 1 heterocycles. The van der Waals surface area contributed by atoms with Crippen LogP contribution in [0, 0.1) is 0 Å². The molecule has 128 valence electrons. The van der Waals surface area contributed by atoms with Gasteiger partial charge >= 0.3 is 5.97 Å². The maximum Gasteiger partial charge on any atom is 0.376 e. The van der Waals surface area contributed by atoms with Crippen molar-refractivity contribution in [3.8, 4) is 5.75 Å². The predicted octanol–water partition coefficient (Wildman–Crippen LogP) is 3.63. The molecule has 0 saturated heterocycles. The van der Waals surface area contributed by atoms with Crippen LogP contribution in [0.5, 0.6) is 5.75 Å². The molecule has 3 rings (SSSR count). The maximum absolute atomic E-state index is 12.2. The molecule has 3 aromatic rings. The third kappa shape index (κ3) is 3.80. The third-order valence-corrected chi connectivity index (χ3v) is 3.43. The summed E-state index contributed by atoms with van der Waals surface area (Å²) in [7, 11) is 0. The van der Waals surface area contributed by atoms with Gasteiger partial charge in [-0.2, -0.15) is 0 Å². The van der Waals surface area contributed by atoms with Gasteiger partial charge in [-0.15, -0.1) is 0 Å². The highest BCUT2D eigenvalue weighted by Crippen LogP contribution is 2.31. The molecule has 0 atom stereocenters. The van der Waals surface area contributed by atoms with E-state index in [2.05, 4.69) is 5.32 Å². The SMILES string of the molecule is CCOC(=O)c1oc2ccccc2c1NC(=O)COc1ccccc1. The molecule has 1 N–H and O–H groups in total. The smallest absolute Gasteiger partial charge is 0.376 e. The lowest BCUT2D eigenvalue weighted by Crippen LogP contribution is -2.21. The average molecular weight is 339 g/mol. The summed E-state index contributed by atoms with van der Waals surface area (Å²) in [4.78, 5) is 24.3. The molecule has 0 fully saturated rings. The molecular weight excluding hydrogens is 322 g/mol. The van der Waals surface area contributed by atoms with Crippen LogP contribution in [0.25, 0.3) is 11.0 Å². The minimum atomic E-state index is -0.627. The van der Waals surface area contributed by atoms with E-state index >= 15 is 0 Å². The first-order valence-corrected chi connectivity index (χ1v) is 7.85. The normalized spacial score (nSPS) is 10.4. The summed E-state index contributed by atoms with van der Waals surface area (Å²) in [6, 6.07) is 16.0. The van der Waals surface area contributed by atoms with Gasteiger partial charge in [-0.05, 0) is 31.2 Å². The van der Waals surface area contributed by atoms with Gasteiger partial charge in [-0.25, -0.2) is 4.79 Å². The van der Waals surface area contributed by atoms with E-state index < -0.39 is 11.9 Å². The van der Waals surface area contributed by atoms with Crippen molar-refractivity contribution < 1.29 is 23.5 Å². The molecule has 2 aromatic carbocycles. The Hall–Kier alpha value is -3.28. The van der Waals surface area contributed by atoms with Gasteiger partial charge in [0.15, 0.2) is 6.61 Å². The van der Waals surface area contributed by atoms with E-state index in [-0.39, 0.29) is 24.7 Å². The van der Waals surface area contributed by atoms with E-state index in [1.165, 1.54) is 0 Å². The molecule has 1 amide bonds. The second-order valence-electron chi connectivity index (χ2n) is 5.17. The molecule has 6 heteroatoms. The number of hydrogen-bond acceptors (Lipinski definition) is 5. The molecule has 6 nitrogen and oxygen atoms in total. The van der Waals surface area contributed by atoms with Crippen molar-refractivity contribution >= 4 is 28.5 Å². The summed E-state index contributed by atoms with van der Waals surface area (Å²) in [6.45, 7) is 1.72. The lowest BCUT2D eigenvalue weighted by atomic mass is 10.2. The van der Waals surface area contributed by atoms with Crippen LogP contribution in [-0.4, -0.2) is 25.1 Å². The lowest BCUT2D eigenvalue weighted by molar-refractivity contribution is -0.118. The fourth-order valence-electron chi connectivity index (χ4n) is 2.35. The first-order chi connectivity index (χ1) is 12.2. The Morgan fingerprint density at radius 2 is 1.76 bits per heavy atom. The summed E-state index contributed by atoms with van der Waals surface area (Å²) >= 11 is 0. The number of ether oxygens (including phenoxy) is 2.